The Morgan fingerprint density at radius 2 is 1.62 bits per heavy atom. The lowest BCUT2D eigenvalue weighted by Crippen LogP contribution is -2.05. The molecule has 0 fully saturated rings. The van der Waals surface area contributed by atoms with E-state index in [1.54, 1.807) is 12.1 Å². The van der Waals surface area contributed by atoms with Crippen LogP contribution in [-0.2, 0) is 18.0 Å². The fourth-order valence-corrected chi connectivity index (χ4v) is 3.32. The Bertz CT molecular complexity index is 756. The fraction of sp³-hybridized carbons (Fsp3) is 0.133. The van der Waals surface area contributed by atoms with E-state index in [9.17, 15) is 4.79 Å². The molecule has 0 amide bonds. The Labute approximate surface area is 141 Å². The zero-order valence-corrected chi connectivity index (χ0v) is 13.6. The van der Waals surface area contributed by atoms with Crippen molar-refractivity contribution < 1.29 is 9.53 Å². The first-order valence-corrected chi connectivity index (χ1v) is 7.57. The number of ketones is 1. The summed E-state index contributed by atoms with van der Waals surface area (Å²) in [5, 5.41) is 0.577. The molecule has 0 saturated carbocycles. The summed E-state index contributed by atoms with van der Waals surface area (Å²) < 4.78 is 5.34. The minimum absolute atomic E-state index is 0.0657. The van der Waals surface area contributed by atoms with Crippen LogP contribution in [0.4, 0.5) is 0 Å². The molecule has 0 saturated heterocycles. The lowest BCUT2D eigenvalue weighted by atomic mass is 9.99. The minimum atomic E-state index is -0.293. The number of ether oxygens (including phenoxy) is 1. The largest absolute Gasteiger partial charge is 0.372 e. The first-order valence-electron chi connectivity index (χ1n) is 6.06. The number of carbonyl (C=O) groups excluding carboxylic acids is 1. The van der Waals surface area contributed by atoms with Crippen molar-refractivity contribution in [3.63, 3.8) is 0 Å². The van der Waals surface area contributed by atoms with Crippen LogP contribution in [0.25, 0.3) is 0 Å². The fourth-order valence-electron chi connectivity index (χ4n) is 2.23. The van der Waals surface area contributed by atoms with Gasteiger partial charge in [0.15, 0.2) is 5.78 Å². The van der Waals surface area contributed by atoms with Crippen LogP contribution in [0, 0.1) is 0 Å². The Hall–Kier alpha value is -0.770. The number of fused-ring (bicyclic) bond motifs is 1. The summed E-state index contributed by atoms with van der Waals surface area (Å²) in [4.78, 5) is 12.6. The van der Waals surface area contributed by atoms with Crippen molar-refractivity contribution in [3.05, 3.63) is 66.6 Å². The molecule has 0 unspecified atom stereocenters. The number of carbonyl (C=O) groups is 1. The van der Waals surface area contributed by atoms with Crippen molar-refractivity contribution in [2.24, 2.45) is 0 Å². The van der Waals surface area contributed by atoms with Gasteiger partial charge in [0.2, 0.25) is 0 Å². The quantitative estimate of drug-likeness (QED) is 0.397. The zero-order chi connectivity index (χ0) is 15.1. The van der Waals surface area contributed by atoms with Crippen LogP contribution in [-0.4, -0.2) is 5.78 Å². The van der Waals surface area contributed by atoms with Crippen LogP contribution in [0.15, 0.2) is 24.3 Å². The third-order valence-corrected chi connectivity index (χ3v) is 4.88. The van der Waals surface area contributed by atoms with E-state index >= 15 is 0 Å². The van der Waals surface area contributed by atoms with Gasteiger partial charge in [-0.2, -0.15) is 0 Å². The minimum Gasteiger partial charge on any atom is -0.372 e. The second-order valence-electron chi connectivity index (χ2n) is 4.65. The maximum Gasteiger partial charge on any atom is 0.196 e. The van der Waals surface area contributed by atoms with Gasteiger partial charge in [-0.05, 0) is 23.3 Å². The molecule has 0 aliphatic carbocycles. The topological polar surface area (TPSA) is 26.3 Å². The van der Waals surface area contributed by atoms with E-state index in [1.807, 2.05) is 6.07 Å². The van der Waals surface area contributed by atoms with Gasteiger partial charge in [-0.1, -0.05) is 58.5 Å². The van der Waals surface area contributed by atoms with Crippen LogP contribution in [0.1, 0.15) is 27.0 Å². The van der Waals surface area contributed by atoms with Gasteiger partial charge in [-0.15, -0.1) is 0 Å². The highest BCUT2D eigenvalue weighted by atomic mass is 35.5. The predicted octanol–water partition coefficient (Wildman–Crippen LogP) is 5.56. The molecule has 0 aromatic heterocycles. The van der Waals surface area contributed by atoms with Gasteiger partial charge < -0.3 is 4.74 Å². The van der Waals surface area contributed by atoms with Crippen LogP contribution in [0.2, 0.25) is 20.1 Å². The number of benzene rings is 2. The maximum absolute atomic E-state index is 12.6. The Kier molecular flexibility index (Phi) is 4.17. The highest BCUT2D eigenvalue weighted by molar-refractivity contribution is 6.51. The van der Waals surface area contributed by atoms with Gasteiger partial charge in [0.1, 0.15) is 0 Å². The van der Waals surface area contributed by atoms with Crippen molar-refractivity contribution in [3.8, 4) is 0 Å². The molecule has 0 atom stereocenters. The van der Waals surface area contributed by atoms with Crippen molar-refractivity contribution in [1.29, 1.82) is 0 Å². The van der Waals surface area contributed by atoms with Crippen LogP contribution in [0.3, 0.4) is 0 Å². The monoisotopic (exact) mass is 360 g/mol. The van der Waals surface area contributed by atoms with Gasteiger partial charge in [0.05, 0.1) is 38.9 Å². The molecule has 2 aromatic rings. The number of rotatable bonds is 2. The van der Waals surface area contributed by atoms with E-state index in [2.05, 4.69) is 0 Å². The van der Waals surface area contributed by atoms with Crippen molar-refractivity contribution in [1.82, 2.24) is 0 Å². The molecule has 1 heterocycles. The number of hydrogen-bond acceptors (Lipinski definition) is 2. The summed E-state index contributed by atoms with van der Waals surface area (Å²) in [5.41, 5.74) is 2.72. The van der Waals surface area contributed by atoms with Crippen LogP contribution in [0.5, 0.6) is 0 Å². The smallest absolute Gasteiger partial charge is 0.196 e. The average Bonchev–Trinajstić information content (AvgIpc) is 2.92. The lowest BCUT2D eigenvalue weighted by Gasteiger charge is -2.10. The molecule has 0 spiro atoms. The van der Waals surface area contributed by atoms with Crippen molar-refractivity contribution in [2.45, 2.75) is 13.2 Å². The molecule has 108 valence electrons. The van der Waals surface area contributed by atoms with E-state index < -0.39 is 0 Å². The third-order valence-electron chi connectivity index (χ3n) is 3.32. The molecule has 3 rings (SSSR count). The molecule has 2 nitrogen and oxygen atoms in total. The number of halogens is 4. The first kappa shape index (κ1) is 15.1. The van der Waals surface area contributed by atoms with Gasteiger partial charge in [-0.25, -0.2) is 0 Å². The second-order valence-corrected chi connectivity index (χ2v) is 6.22. The highest BCUT2D eigenvalue weighted by Crippen LogP contribution is 2.38. The molecule has 1 aliphatic heterocycles. The first-order chi connectivity index (χ1) is 9.99. The summed E-state index contributed by atoms with van der Waals surface area (Å²) in [7, 11) is 0. The number of hydrogen-bond donors (Lipinski definition) is 0. The summed E-state index contributed by atoms with van der Waals surface area (Å²) in [6, 6.07) is 6.81. The van der Waals surface area contributed by atoms with Gasteiger partial charge in [0, 0.05) is 5.56 Å². The standard InChI is InChI=1S/C15H8Cl4O2/c16-10-4-11(17)13(18)14(19)12(10)15(20)7-1-2-8-5-21-6-9(8)3-7/h1-4H,5-6H2. The molecule has 6 heteroatoms. The van der Waals surface area contributed by atoms with Crippen LogP contribution < -0.4 is 0 Å². The molecule has 2 aromatic carbocycles. The molecule has 0 radical (unpaired) electrons. The summed E-state index contributed by atoms with van der Waals surface area (Å²) in [5.74, 6) is -0.293. The normalized spacial score (nSPS) is 13.3. The lowest BCUT2D eigenvalue weighted by molar-refractivity contribution is 0.103. The third kappa shape index (κ3) is 2.67. The summed E-state index contributed by atoms with van der Waals surface area (Å²) >= 11 is 24.1. The Morgan fingerprint density at radius 1 is 0.905 bits per heavy atom. The van der Waals surface area contributed by atoms with Gasteiger partial charge in [0.25, 0.3) is 0 Å². The summed E-state index contributed by atoms with van der Waals surface area (Å²) in [6.45, 7) is 1.07. The highest BCUT2D eigenvalue weighted by Gasteiger charge is 2.22. The van der Waals surface area contributed by atoms with E-state index in [0.717, 1.165) is 11.1 Å². The van der Waals surface area contributed by atoms with E-state index in [1.165, 1.54) is 6.07 Å². The van der Waals surface area contributed by atoms with E-state index in [-0.39, 0.29) is 31.4 Å². The van der Waals surface area contributed by atoms with Crippen LogP contribution >= 0.6 is 46.4 Å². The predicted molar refractivity (Wildman–Crippen MR) is 84.8 cm³/mol. The van der Waals surface area contributed by atoms with E-state index in [4.69, 9.17) is 51.1 Å². The second kappa shape index (κ2) is 5.79. The Balaban J connectivity index is 2.09. The molecular formula is C15H8Cl4O2. The van der Waals surface area contributed by atoms with Gasteiger partial charge >= 0.3 is 0 Å². The molecular weight excluding hydrogens is 354 g/mol. The average molecular weight is 362 g/mol. The van der Waals surface area contributed by atoms with Crippen molar-refractivity contribution >= 4 is 52.2 Å². The molecule has 0 bridgehead atoms. The molecule has 21 heavy (non-hydrogen) atoms. The van der Waals surface area contributed by atoms with Gasteiger partial charge in [-0.3, -0.25) is 4.79 Å². The maximum atomic E-state index is 12.6. The molecule has 1 aliphatic rings. The van der Waals surface area contributed by atoms with E-state index in [0.29, 0.717) is 18.8 Å². The zero-order valence-electron chi connectivity index (χ0n) is 10.6. The SMILES string of the molecule is O=C(c1ccc2c(c1)COC2)c1c(Cl)cc(Cl)c(Cl)c1Cl. The summed E-state index contributed by atoms with van der Waals surface area (Å²) in [6.07, 6.45) is 0. The molecule has 0 N–H and O–H groups in total. The van der Waals surface area contributed by atoms with Crippen molar-refractivity contribution in [2.75, 3.05) is 0 Å². The Morgan fingerprint density at radius 3 is 2.38 bits per heavy atom.